The number of benzene rings is 1. The second-order valence-corrected chi connectivity index (χ2v) is 5.14. The molecule has 0 fully saturated rings. The Labute approximate surface area is 119 Å². The first-order valence-electron chi connectivity index (χ1n) is 6.98. The Morgan fingerprint density at radius 1 is 1.35 bits per heavy atom. The van der Waals surface area contributed by atoms with Crippen LogP contribution in [-0.4, -0.2) is 29.9 Å². The molecule has 1 atom stereocenters. The Morgan fingerprint density at radius 2 is 2.10 bits per heavy atom. The number of fused-ring (bicyclic) bond motifs is 1. The summed E-state index contributed by atoms with van der Waals surface area (Å²) in [7, 11) is 1.64. The highest BCUT2D eigenvalue weighted by Gasteiger charge is 2.22. The second-order valence-electron chi connectivity index (χ2n) is 5.14. The Morgan fingerprint density at radius 3 is 2.70 bits per heavy atom. The van der Waals surface area contributed by atoms with Crippen molar-refractivity contribution in [2.24, 2.45) is 5.92 Å². The second kappa shape index (κ2) is 6.13. The van der Waals surface area contributed by atoms with E-state index in [9.17, 15) is 0 Å². The van der Waals surface area contributed by atoms with E-state index >= 15 is 0 Å². The number of anilines is 1. The van der Waals surface area contributed by atoms with Crippen molar-refractivity contribution in [1.29, 1.82) is 0 Å². The lowest BCUT2D eigenvalue weighted by Crippen LogP contribution is -2.22. The minimum atomic E-state index is 0.159. The third kappa shape index (κ3) is 2.58. The highest BCUT2D eigenvalue weighted by molar-refractivity contribution is 5.84. The first-order valence-corrected chi connectivity index (χ1v) is 6.98. The normalized spacial score (nSPS) is 13.1. The number of methoxy groups -OCH3 is 1. The van der Waals surface area contributed by atoms with Gasteiger partial charge in [-0.2, -0.15) is 0 Å². The number of hydrogen-bond donors (Lipinski definition) is 1. The van der Waals surface area contributed by atoms with Crippen molar-refractivity contribution >= 4 is 17.0 Å². The van der Waals surface area contributed by atoms with Crippen molar-refractivity contribution in [2.45, 2.75) is 26.8 Å². The molecule has 110 valence electrons. The first-order chi connectivity index (χ1) is 9.60. The molecule has 1 heterocycles. The van der Waals surface area contributed by atoms with Crippen LogP contribution in [0.2, 0.25) is 0 Å². The summed E-state index contributed by atoms with van der Waals surface area (Å²) >= 11 is 0. The van der Waals surface area contributed by atoms with E-state index in [1.807, 2.05) is 25.1 Å². The summed E-state index contributed by atoms with van der Waals surface area (Å²) in [6, 6.07) is 6.03. The molecule has 2 rings (SSSR count). The van der Waals surface area contributed by atoms with Gasteiger partial charge in [0.05, 0.1) is 25.3 Å². The average Bonchev–Trinajstić information content (AvgIpc) is 2.75. The fourth-order valence-corrected chi connectivity index (χ4v) is 2.43. The number of nitrogens with zero attached hydrogens (tertiary/aromatic N) is 2. The van der Waals surface area contributed by atoms with Gasteiger partial charge in [-0.15, -0.1) is 0 Å². The summed E-state index contributed by atoms with van der Waals surface area (Å²) in [5.41, 5.74) is 7.92. The number of rotatable bonds is 6. The van der Waals surface area contributed by atoms with Gasteiger partial charge in [0.2, 0.25) is 5.95 Å². The first kappa shape index (κ1) is 14.7. The molecule has 0 radical (unpaired) electrons. The van der Waals surface area contributed by atoms with Gasteiger partial charge in [-0.1, -0.05) is 19.9 Å². The van der Waals surface area contributed by atoms with Gasteiger partial charge >= 0.3 is 0 Å². The zero-order valence-corrected chi connectivity index (χ0v) is 12.6. The summed E-state index contributed by atoms with van der Waals surface area (Å²) in [4.78, 5) is 4.46. The SMILES string of the molecule is CCOCC(C(C)C)n1c(N)nc2c(OC)cccc21. The van der Waals surface area contributed by atoms with Crippen LogP contribution in [-0.2, 0) is 4.74 Å². The molecule has 1 unspecified atom stereocenters. The van der Waals surface area contributed by atoms with Crippen molar-refractivity contribution in [3.8, 4) is 5.75 Å². The summed E-state index contributed by atoms with van der Waals surface area (Å²) in [5.74, 6) is 1.64. The molecule has 0 spiro atoms. The minimum absolute atomic E-state index is 0.159. The summed E-state index contributed by atoms with van der Waals surface area (Å²) in [6.45, 7) is 7.64. The quantitative estimate of drug-likeness (QED) is 0.882. The molecule has 2 N–H and O–H groups in total. The maximum atomic E-state index is 6.13. The number of nitrogens with two attached hydrogens (primary N) is 1. The number of aromatic nitrogens is 2. The highest BCUT2D eigenvalue weighted by Crippen LogP contribution is 2.32. The fourth-order valence-electron chi connectivity index (χ4n) is 2.43. The predicted octanol–water partition coefficient (Wildman–Crippen LogP) is 2.86. The van der Waals surface area contributed by atoms with Gasteiger partial charge in [-0.05, 0) is 25.0 Å². The largest absolute Gasteiger partial charge is 0.494 e. The van der Waals surface area contributed by atoms with Crippen molar-refractivity contribution < 1.29 is 9.47 Å². The molecular weight excluding hydrogens is 254 g/mol. The lowest BCUT2D eigenvalue weighted by atomic mass is 10.0. The van der Waals surface area contributed by atoms with Crippen LogP contribution in [0.15, 0.2) is 18.2 Å². The molecule has 1 aromatic heterocycles. The van der Waals surface area contributed by atoms with Crippen molar-refractivity contribution in [1.82, 2.24) is 9.55 Å². The van der Waals surface area contributed by atoms with Gasteiger partial charge in [-0.3, -0.25) is 0 Å². The van der Waals surface area contributed by atoms with Gasteiger partial charge in [-0.25, -0.2) is 4.98 Å². The summed E-state index contributed by atoms with van der Waals surface area (Å²) in [5, 5.41) is 0. The Hall–Kier alpha value is -1.75. The molecule has 20 heavy (non-hydrogen) atoms. The molecule has 1 aromatic carbocycles. The molecule has 5 nitrogen and oxygen atoms in total. The van der Waals surface area contributed by atoms with Crippen molar-refractivity contribution in [3.63, 3.8) is 0 Å². The van der Waals surface area contributed by atoms with Crippen LogP contribution >= 0.6 is 0 Å². The maximum Gasteiger partial charge on any atom is 0.201 e. The Bertz CT molecular complexity index is 578. The fraction of sp³-hybridized carbons (Fsp3) is 0.533. The van der Waals surface area contributed by atoms with Crippen LogP contribution in [0.25, 0.3) is 11.0 Å². The van der Waals surface area contributed by atoms with Crippen LogP contribution < -0.4 is 10.5 Å². The third-order valence-electron chi connectivity index (χ3n) is 3.52. The Kier molecular flexibility index (Phi) is 4.49. The molecule has 5 heteroatoms. The van der Waals surface area contributed by atoms with Crippen LogP contribution in [0.1, 0.15) is 26.8 Å². The standard InChI is InChI=1S/C15H23N3O2/c1-5-20-9-12(10(2)3)18-11-7-6-8-13(19-4)14(11)17-15(18)16/h6-8,10,12H,5,9H2,1-4H3,(H2,16,17). The van der Waals surface area contributed by atoms with Crippen molar-refractivity contribution in [3.05, 3.63) is 18.2 Å². The molecular formula is C15H23N3O2. The minimum Gasteiger partial charge on any atom is -0.494 e. The molecule has 0 saturated heterocycles. The number of hydrogen-bond acceptors (Lipinski definition) is 4. The lowest BCUT2D eigenvalue weighted by Gasteiger charge is -2.24. The molecule has 0 aliphatic carbocycles. The van der Waals surface area contributed by atoms with Gasteiger partial charge in [0.1, 0.15) is 11.3 Å². The zero-order valence-electron chi connectivity index (χ0n) is 12.6. The van der Waals surface area contributed by atoms with Crippen molar-refractivity contribution in [2.75, 3.05) is 26.1 Å². The Balaban J connectivity index is 2.54. The lowest BCUT2D eigenvalue weighted by molar-refractivity contribution is 0.0987. The van der Waals surface area contributed by atoms with Crippen LogP contribution in [0.4, 0.5) is 5.95 Å². The molecule has 0 bridgehead atoms. The van der Waals surface area contributed by atoms with Crippen LogP contribution in [0.5, 0.6) is 5.75 Å². The van der Waals surface area contributed by atoms with Crippen LogP contribution in [0.3, 0.4) is 0 Å². The van der Waals surface area contributed by atoms with E-state index in [0.29, 0.717) is 25.1 Å². The average molecular weight is 277 g/mol. The molecule has 0 aliphatic heterocycles. The third-order valence-corrected chi connectivity index (χ3v) is 3.52. The topological polar surface area (TPSA) is 62.3 Å². The summed E-state index contributed by atoms with van der Waals surface area (Å²) in [6.07, 6.45) is 0. The molecule has 0 amide bonds. The van der Waals surface area contributed by atoms with Gasteiger partial charge in [0.15, 0.2) is 0 Å². The number of imidazole rings is 1. The van der Waals surface area contributed by atoms with E-state index in [4.69, 9.17) is 15.2 Å². The van der Waals surface area contributed by atoms with Gasteiger partial charge < -0.3 is 19.8 Å². The predicted molar refractivity (Wildman–Crippen MR) is 81.1 cm³/mol. The number of para-hydroxylation sites is 1. The van der Waals surface area contributed by atoms with E-state index in [1.54, 1.807) is 7.11 Å². The molecule has 0 saturated carbocycles. The van der Waals surface area contributed by atoms with Gasteiger partial charge in [0, 0.05) is 6.61 Å². The monoisotopic (exact) mass is 277 g/mol. The highest BCUT2D eigenvalue weighted by atomic mass is 16.5. The molecule has 2 aromatic rings. The van der Waals surface area contributed by atoms with E-state index < -0.39 is 0 Å². The zero-order chi connectivity index (χ0) is 14.7. The number of nitrogen functional groups attached to an aromatic ring is 1. The number of ether oxygens (including phenoxy) is 2. The van der Waals surface area contributed by atoms with E-state index in [0.717, 1.165) is 16.8 Å². The van der Waals surface area contributed by atoms with Crippen LogP contribution in [0, 0.1) is 5.92 Å². The van der Waals surface area contributed by atoms with E-state index in [2.05, 4.69) is 23.4 Å². The molecule has 0 aliphatic rings. The smallest absolute Gasteiger partial charge is 0.201 e. The summed E-state index contributed by atoms with van der Waals surface area (Å²) < 4.78 is 13.0. The van der Waals surface area contributed by atoms with Gasteiger partial charge in [0.25, 0.3) is 0 Å². The van der Waals surface area contributed by atoms with E-state index in [-0.39, 0.29) is 6.04 Å². The maximum absolute atomic E-state index is 6.13. The van der Waals surface area contributed by atoms with E-state index in [1.165, 1.54) is 0 Å².